The van der Waals surface area contributed by atoms with Gasteiger partial charge in [-0.15, -0.1) is 11.8 Å². The van der Waals surface area contributed by atoms with E-state index in [4.69, 9.17) is 5.73 Å². The van der Waals surface area contributed by atoms with Crippen molar-refractivity contribution in [3.63, 3.8) is 0 Å². The highest BCUT2D eigenvalue weighted by Crippen LogP contribution is 2.38. The van der Waals surface area contributed by atoms with Crippen LogP contribution in [0, 0.1) is 13.8 Å². The SMILES string of the molecule is Cc1ccc(-c2sc(N(C)C)nc2C(=O)N2CCSC2(C)N)cc1C. The van der Waals surface area contributed by atoms with E-state index in [-0.39, 0.29) is 5.91 Å². The highest BCUT2D eigenvalue weighted by Gasteiger charge is 2.39. The van der Waals surface area contributed by atoms with E-state index in [9.17, 15) is 4.79 Å². The summed E-state index contributed by atoms with van der Waals surface area (Å²) >= 11 is 3.14. The number of hydrogen-bond acceptors (Lipinski definition) is 6. The van der Waals surface area contributed by atoms with E-state index in [0.717, 1.165) is 21.3 Å². The molecule has 2 heterocycles. The van der Waals surface area contributed by atoms with E-state index >= 15 is 0 Å². The second-order valence-corrected chi connectivity index (χ2v) is 9.23. The Hall–Kier alpha value is -1.57. The van der Waals surface area contributed by atoms with Crippen molar-refractivity contribution in [1.82, 2.24) is 9.88 Å². The molecule has 2 N–H and O–H groups in total. The second kappa shape index (κ2) is 6.63. The summed E-state index contributed by atoms with van der Waals surface area (Å²) in [7, 11) is 3.88. The van der Waals surface area contributed by atoms with Gasteiger partial charge in [0, 0.05) is 26.4 Å². The van der Waals surface area contributed by atoms with Gasteiger partial charge in [0.15, 0.2) is 5.13 Å². The first kappa shape index (κ1) is 18.2. The number of nitrogens with zero attached hydrogens (tertiary/aromatic N) is 3. The topological polar surface area (TPSA) is 62.5 Å². The van der Waals surface area contributed by atoms with Gasteiger partial charge < -0.3 is 15.5 Å². The molecule has 3 rings (SSSR count). The smallest absolute Gasteiger partial charge is 0.276 e. The molecule has 1 aromatic carbocycles. The summed E-state index contributed by atoms with van der Waals surface area (Å²) in [4.78, 5) is 21.7. The first-order valence-electron chi connectivity index (χ1n) is 8.21. The Labute approximate surface area is 157 Å². The largest absolute Gasteiger partial charge is 0.354 e. The van der Waals surface area contributed by atoms with Crippen LogP contribution in [0.5, 0.6) is 0 Å². The highest BCUT2D eigenvalue weighted by molar-refractivity contribution is 8.00. The summed E-state index contributed by atoms with van der Waals surface area (Å²) in [5.74, 6) is 0.759. The number of thiazole rings is 1. The van der Waals surface area contributed by atoms with Gasteiger partial charge in [-0.1, -0.05) is 29.5 Å². The minimum Gasteiger partial charge on any atom is -0.354 e. The number of carbonyl (C=O) groups excluding carboxylic acids is 1. The summed E-state index contributed by atoms with van der Waals surface area (Å²) in [5, 5.41) is 0.821. The van der Waals surface area contributed by atoms with E-state index in [1.54, 1.807) is 28.0 Å². The molecule has 1 amide bonds. The zero-order chi connectivity index (χ0) is 18.4. The summed E-state index contributed by atoms with van der Waals surface area (Å²) in [6, 6.07) is 6.28. The van der Waals surface area contributed by atoms with Crippen LogP contribution in [-0.2, 0) is 0 Å². The van der Waals surface area contributed by atoms with Crippen molar-refractivity contribution in [1.29, 1.82) is 0 Å². The molecule has 25 heavy (non-hydrogen) atoms. The van der Waals surface area contributed by atoms with Crippen LogP contribution < -0.4 is 10.6 Å². The number of aryl methyl sites for hydroxylation is 2. The van der Waals surface area contributed by atoms with Crippen LogP contribution in [0.15, 0.2) is 18.2 Å². The minimum absolute atomic E-state index is 0.0902. The number of amides is 1. The van der Waals surface area contributed by atoms with Crippen LogP contribution in [0.1, 0.15) is 28.5 Å². The predicted molar refractivity (Wildman–Crippen MR) is 107 cm³/mol. The van der Waals surface area contributed by atoms with Crippen LogP contribution >= 0.6 is 23.1 Å². The fourth-order valence-corrected chi connectivity index (χ4v) is 4.79. The third-order valence-corrected chi connectivity index (χ3v) is 6.92. The Morgan fingerprint density at radius 2 is 2.04 bits per heavy atom. The first-order chi connectivity index (χ1) is 11.7. The molecule has 1 saturated heterocycles. The Kier molecular flexibility index (Phi) is 4.83. The van der Waals surface area contributed by atoms with Gasteiger partial charge in [0.2, 0.25) is 0 Å². The molecule has 1 aromatic heterocycles. The highest BCUT2D eigenvalue weighted by atomic mass is 32.2. The zero-order valence-electron chi connectivity index (χ0n) is 15.3. The van der Waals surface area contributed by atoms with Gasteiger partial charge in [-0.3, -0.25) is 4.79 Å². The van der Waals surface area contributed by atoms with Crippen molar-refractivity contribution in [2.45, 2.75) is 25.8 Å². The van der Waals surface area contributed by atoms with Crippen molar-refractivity contribution in [2.24, 2.45) is 5.73 Å². The van der Waals surface area contributed by atoms with E-state index in [2.05, 4.69) is 37.0 Å². The maximum atomic E-state index is 13.2. The molecule has 0 aliphatic carbocycles. The molecule has 7 heteroatoms. The lowest BCUT2D eigenvalue weighted by molar-refractivity contribution is 0.0693. The van der Waals surface area contributed by atoms with Gasteiger partial charge >= 0.3 is 0 Å². The van der Waals surface area contributed by atoms with Crippen molar-refractivity contribution >= 4 is 34.1 Å². The average Bonchev–Trinajstić information content (AvgIpc) is 3.13. The third-order valence-electron chi connectivity index (χ3n) is 4.46. The summed E-state index contributed by atoms with van der Waals surface area (Å²) in [6.07, 6.45) is 0. The van der Waals surface area contributed by atoms with Crippen LogP contribution in [0.25, 0.3) is 10.4 Å². The maximum absolute atomic E-state index is 13.2. The molecule has 0 saturated carbocycles. The van der Waals surface area contributed by atoms with Gasteiger partial charge in [0.1, 0.15) is 10.7 Å². The van der Waals surface area contributed by atoms with Gasteiger partial charge in [-0.25, -0.2) is 4.98 Å². The number of hydrogen-bond donors (Lipinski definition) is 1. The molecule has 134 valence electrons. The van der Waals surface area contributed by atoms with E-state index in [1.165, 1.54) is 11.1 Å². The quantitative estimate of drug-likeness (QED) is 0.890. The molecule has 1 atom stereocenters. The molecule has 0 radical (unpaired) electrons. The van der Waals surface area contributed by atoms with Crippen LogP contribution in [0.4, 0.5) is 5.13 Å². The van der Waals surface area contributed by atoms with Crippen molar-refractivity contribution in [2.75, 3.05) is 31.3 Å². The van der Waals surface area contributed by atoms with Crippen molar-refractivity contribution in [3.8, 4) is 10.4 Å². The summed E-state index contributed by atoms with van der Waals surface area (Å²) in [6.45, 7) is 6.71. The lowest BCUT2D eigenvalue weighted by Gasteiger charge is -2.29. The fourth-order valence-electron chi connectivity index (χ4n) is 2.80. The maximum Gasteiger partial charge on any atom is 0.276 e. The number of carbonyl (C=O) groups is 1. The monoisotopic (exact) mass is 376 g/mol. The molecular weight excluding hydrogens is 352 g/mol. The van der Waals surface area contributed by atoms with Crippen LogP contribution in [-0.4, -0.2) is 47.2 Å². The molecule has 1 aliphatic rings. The number of nitrogens with two attached hydrogens (primary N) is 1. The van der Waals surface area contributed by atoms with Crippen molar-refractivity contribution in [3.05, 3.63) is 35.0 Å². The molecule has 1 unspecified atom stereocenters. The average molecular weight is 377 g/mol. The Morgan fingerprint density at radius 1 is 1.32 bits per heavy atom. The third kappa shape index (κ3) is 3.41. The second-order valence-electron chi connectivity index (χ2n) is 6.73. The molecule has 0 spiro atoms. The van der Waals surface area contributed by atoms with E-state index in [0.29, 0.717) is 12.2 Å². The lowest BCUT2D eigenvalue weighted by atomic mass is 10.0. The summed E-state index contributed by atoms with van der Waals surface area (Å²) < 4.78 is 0. The number of thioether (sulfide) groups is 1. The molecule has 2 aromatic rings. The standard InChI is InChI=1S/C18H24N4OS2/c1-11-6-7-13(10-12(11)2)15-14(20-17(25-15)21(4)5)16(23)22-8-9-24-18(22,3)19/h6-7,10H,8-9,19H2,1-5H3. The Balaban J connectivity index is 2.09. The lowest BCUT2D eigenvalue weighted by Crippen LogP contribution is -2.50. The number of anilines is 1. The fraction of sp³-hybridized carbons (Fsp3) is 0.444. The van der Waals surface area contributed by atoms with Crippen LogP contribution in [0.3, 0.4) is 0 Å². The Bertz CT molecular complexity index is 813. The van der Waals surface area contributed by atoms with Crippen LogP contribution in [0.2, 0.25) is 0 Å². The van der Waals surface area contributed by atoms with Crippen molar-refractivity contribution < 1.29 is 4.79 Å². The molecule has 1 fully saturated rings. The number of aromatic nitrogens is 1. The number of rotatable bonds is 3. The molecular formula is C18H24N4OS2. The van der Waals surface area contributed by atoms with E-state index in [1.807, 2.05) is 25.9 Å². The molecule has 0 bridgehead atoms. The Morgan fingerprint density at radius 3 is 2.60 bits per heavy atom. The molecule has 1 aliphatic heterocycles. The molecule has 5 nitrogen and oxygen atoms in total. The van der Waals surface area contributed by atoms with E-state index < -0.39 is 4.99 Å². The van der Waals surface area contributed by atoms with Gasteiger partial charge in [0.05, 0.1) is 4.88 Å². The normalized spacial score (nSPS) is 20.2. The first-order valence-corrected chi connectivity index (χ1v) is 10.0. The zero-order valence-corrected chi connectivity index (χ0v) is 16.9. The minimum atomic E-state index is -0.681. The predicted octanol–water partition coefficient (Wildman–Crippen LogP) is 3.31. The number of benzene rings is 1. The van der Waals surface area contributed by atoms with Gasteiger partial charge in [-0.05, 0) is 37.5 Å². The van der Waals surface area contributed by atoms with Gasteiger partial charge in [0.25, 0.3) is 5.91 Å². The van der Waals surface area contributed by atoms with Gasteiger partial charge in [-0.2, -0.15) is 0 Å². The summed E-state index contributed by atoms with van der Waals surface area (Å²) in [5.41, 5.74) is 10.3.